The van der Waals surface area contributed by atoms with E-state index >= 15 is 0 Å². The molecule has 0 saturated carbocycles. The van der Waals surface area contributed by atoms with Crippen molar-refractivity contribution in [3.05, 3.63) is 47.9 Å². The van der Waals surface area contributed by atoms with Crippen molar-refractivity contribution in [2.24, 2.45) is 0 Å². The summed E-state index contributed by atoms with van der Waals surface area (Å²) < 4.78 is 0. The first-order valence-corrected chi connectivity index (χ1v) is 6.25. The van der Waals surface area contributed by atoms with E-state index in [4.69, 9.17) is 10.8 Å². The van der Waals surface area contributed by atoms with Gasteiger partial charge in [-0.05, 0) is 25.1 Å². The summed E-state index contributed by atoms with van der Waals surface area (Å²) in [6.45, 7) is 3.25. The number of nitrogens with two attached hydrogens (primary N) is 1. The molecular formula is C14H16N4O2. The smallest absolute Gasteiger partial charge is 0.337 e. The van der Waals surface area contributed by atoms with Gasteiger partial charge in [-0.2, -0.15) is 0 Å². The Morgan fingerprint density at radius 1 is 1.40 bits per heavy atom. The number of anilines is 2. The SMILES string of the molecule is CCN(Cc1ccccn1)c1ncc(C(=O)O)cc1N. The molecule has 0 aliphatic carbocycles. The molecule has 3 N–H and O–H groups in total. The second-order valence-corrected chi connectivity index (χ2v) is 4.28. The Labute approximate surface area is 116 Å². The molecule has 0 bridgehead atoms. The molecule has 0 atom stereocenters. The van der Waals surface area contributed by atoms with Crippen molar-refractivity contribution in [1.29, 1.82) is 0 Å². The normalized spacial score (nSPS) is 10.2. The molecule has 0 radical (unpaired) electrons. The van der Waals surface area contributed by atoms with Gasteiger partial charge in [0, 0.05) is 18.9 Å². The third-order valence-electron chi connectivity index (χ3n) is 2.90. The lowest BCUT2D eigenvalue weighted by atomic mass is 10.2. The van der Waals surface area contributed by atoms with E-state index in [0.717, 1.165) is 5.69 Å². The number of aromatic nitrogens is 2. The molecule has 0 fully saturated rings. The molecule has 104 valence electrons. The highest BCUT2D eigenvalue weighted by Crippen LogP contribution is 2.22. The lowest BCUT2D eigenvalue weighted by Crippen LogP contribution is -2.25. The van der Waals surface area contributed by atoms with Crippen LogP contribution in [0.4, 0.5) is 11.5 Å². The van der Waals surface area contributed by atoms with Gasteiger partial charge in [0.05, 0.1) is 23.5 Å². The molecule has 0 unspecified atom stereocenters. The predicted octanol–water partition coefficient (Wildman–Crippen LogP) is 1.78. The first kappa shape index (κ1) is 13.8. The molecule has 2 aromatic rings. The second-order valence-electron chi connectivity index (χ2n) is 4.28. The minimum atomic E-state index is -1.04. The number of carboxylic acids is 1. The van der Waals surface area contributed by atoms with Crippen molar-refractivity contribution in [3.63, 3.8) is 0 Å². The van der Waals surface area contributed by atoms with E-state index in [1.165, 1.54) is 12.3 Å². The minimum Gasteiger partial charge on any atom is -0.478 e. The number of rotatable bonds is 5. The summed E-state index contributed by atoms with van der Waals surface area (Å²) in [5, 5.41) is 8.91. The van der Waals surface area contributed by atoms with E-state index in [9.17, 15) is 4.79 Å². The van der Waals surface area contributed by atoms with Gasteiger partial charge < -0.3 is 15.7 Å². The quantitative estimate of drug-likeness (QED) is 0.862. The standard InChI is InChI=1S/C14H16N4O2/c1-2-18(9-11-5-3-4-6-16-11)13-12(15)7-10(8-17-13)14(19)20/h3-8H,2,9,15H2,1H3,(H,19,20). The average Bonchev–Trinajstić information content (AvgIpc) is 2.46. The summed E-state index contributed by atoms with van der Waals surface area (Å²) in [6, 6.07) is 7.12. The van der Waals surface area contributed by atoms with Gasteiger partial charge in [-0.1, -0.05) is 6.07 Å². The van der Waals surface area contributed by atoms with Crippen molar-refractivity contribution in [2.45, 2.75) is 13.5 Å². The van der Waals surface area contributed by atoms with Gasteiger partial charge in [-0.25, -0.2) is 9.78 Å². The number of carboxylic acid groups (broad SMARTS) is 1. The van der Waals surface area contributed by atoms with Crippen LogP contribution in [0, 0.1) is 0 Å². The van der Waals surface area contributed by atoms with Crippen LogP contribution in [0.5, 0.6) is 0 Å². The largest absolute Gasteiger partial charge is 0.478 e. The zero-order valence-electron chi connectivity index (χ0n) is 11.2. The average molecular weight is 272 g/mol. The fourth-order valence-corrected chi connectivity index (χ4v) is 1.88. The first-order valence-electron chi connectivity index (χ1n) is 6.25. The molecule has 0 aliphatic rings. The van der Waals surface area contributed by atoms with Gasteiger partial charge in [0.25, 0.3) is 0 Å². The van der Waals surface area contributed by atoms with E-state index in [1.54, 1.807) is 6.20 Å². The van der Waals surface area contributed by atoms with Gasteiger partial charge in [0.15, 0.2) is 5.82 Å². The number of hydrogen-bond acceptors (Lipinski definition) is 5. The van der Waals surface area contributed by atoms with Crippen LogP contribution in [0.25, 0.3) is 0 Å². The van der Waals surface area contributed by atoms with E-state index < -0.39 is 5.97 Å². The molecular weight excluding hydrogens is 256 g/mol. The second kappa shape index (κ2) is 6.01. The van der Waals surface area contributed by atoms with Gasteiger partial charge in [-0.15, -0.1) is 0 Å². The monoisotopic (exact) mass is 272 g/mol. The zero-order valence-corrected chi connectivity index (χ0v) is 11.2. The molecule has 6 heteroatoms. The van der Waals surface area contributed by atoms with E-state index in [2.05, 4.69) is 9.97 Å². The third kappa shape index (κ3) is 3.03. The van der Waals surface area contributed by atoms with E-state index in [-0.39, 0.29) is 5.56 Å². The predicted molar refractivity (Wildman–Crippen MR) is 76.6 cm³/mol. The number of aromatic carboxylic acids is 1. The fraction of sp³-hybridized carbons (Fsp3) is 0.214. The molecule has 20 heavy (non-hydrogen) atoms. The summed E-state index contributed by atoms with van der Waals surface area (Å²) in [6.07, 6.45) is 3.04. The highest BCUT2D eigenvalue weighted by Gasteiger charge is 2.13. The molecule has 6 nitrogen and oxygen atoms in total. The summed E-state index contributed by atoms with van der Waals surface area (Å²) in [5.41, 5.74) is 7.24. The van der Waals surface area contributed by atoms with E-state index in [1.807, 2.05) is 30.0 Å². The van der Waals surface area contributed by atoms with Crippen LogP contribution >= 0.6 is 0 Å². The lowest BCUT2D eigenvalue weighted by molar-refractivity contribution is 0.0696. The maximum atomic E-state index is 10.9. The van der Waals surface area contributed by atoms with Crippen molar-refractivity contribution in [3.8, 4) is 0 Å². The topological polar surface area (TPSA) is 92.3 Å². The van der Waals surface area contributed by atoms with Gasteiger partial charge >= 0.3 is 5.97 Å². The van der Waals surface area contributed by atoms with E-state index in [0.29, 0.717) is 24.6 Å². The lowest BCUT2D eigenvalue weighted by Gasteiger charge is -2.23. The van der Waals surface area contributed by atoms with Gasteiger partial charge in [0.1, 0.15) is 0 Å². The maximum absolute atomic E-state index is 10.9. The highest BCUT2D eigenvalue weighted by atomic mass is 16.4. The van der Waals surface area contributed by atoms with Crippen LogP contribution in [0.2, 0.25) is 0 Å². The van der Waals surface area contributed by atoms with Crippen molar-refractivity contribution >= 4 is 17.5 Å². The number of pyridine rings is 2. The van der Waals surface area contributed by atoms with Crippen LogP contribution in [0.1, 0.15) is 23.0 Å². The van der Waals surface area contributed by atoms with Crippen molar-refractivity contribution in [1.82, 2.24) is 9.97 Å². The van der Waals surface area contributed by atoms with Crippen molar-refractivity contribution in [2.75, 3.05) is 17.2 Å². The molecule has 0 amide bonds. The molecule has 2 heterocycles. The van der Waals surface area contributed by atoms with Crippen LogP contribution < -0.4 is 10.6 Å². The fourth-order valence-electron chi connectivity index (χ4n) is 1.88. The Balaban J connectivity index is 2.26. The Bertz CT molecular complexity index is 601. The van der Waals surface area contributed by atoms with Gasteiger partial charge in [-0.3, -0.25) is 4.98 Å². The number of nitrogens with zero attached hydrogens (tertiary/aromatic N) is 3. The molecule has 0 aliphatic heterocycles. The van der Waals surface area contributed by atoms with Crippen LogP contribution in [-0.2, 0) is 6.54 Å². The zero-order chi connectivity index (χ0) is 14.5. The number of nitrogen functional groups attached to an aromatic ring is 1. The highest BCUT2D eigenvalue weighted by molar-refractivity contribution is 5.89. The summed E-state index contributed by atoms with van der Waals surface area (Å²) in [5.74, 6) is -0.466. The van der Waals surface area contributed by atoms with Gasteiger partial charge in [0.2, 0.25) is 0 Å². The Kier molecular flexibility index (Phi) is 4.14. The third-order valence-corrected chi connectivity index (χ3v) is 2.90. The maximum Gasteiger partial charge on any atom is 0.337 e. The molecule has 2 aromatic heterocycles. The minimum absolute atomic E-state index is 0.0835. The Hall–Kier alpha value is -2.63. The summed E-state index contributed by atoms with van der Waals surface area (Å²) in [4.78, 5) is 21.2. The first-order chi connectivity index (χ1) is 9.61. The number of carbonyl (C=O) groups is 1. The van der Waals surface area contributed by atoms with Crippen LogP contribution in [0.3, 0.4) is 0 Å². The Morgan fingerprint density at radius 2 is 2.20 bits per heavy atom. The number of hydrogen-bond donors (Lipinski definition) is 2. The molecule has 2 rings (SSSR count). The summed E-state index contributed by atoms with van der Waals surface area (Å²) >= 11 is 0. The van der Waals surface area contributed by atoms with Crippen LogP contribution in [0.15, 0.2) is 36.7 Å². The van der Waals surface area contributed by atoms with Crippen LogP contribution in [-0.4, -0.2) is 27.6 Å². The summed E-state index contributed by atoms with van der Waals surface area (Å²) in [7, 11) is 0. The Morgan fingerprint density at radius 3 is 2.75 bits per heavy atom. The molecule has 0 saturated heterocycles. The molecule has 0 spiro atoms. The molecule has 0 aromatic carbocycles. The van der Waals surface area contributed by atoms with Crippen molar-refractivity contribution < 1.29 is 9.90 Å².